The number of hydrogen-bond donors (Lipinski definition) is 1. The fraction of sp³-hybridized carbons (Fsp3) is 0.238. The molecule has 156 valence electrons. The molecule has 0 unspecified atom stereocenters. The summed E-state index contributed by atoms with van der Waals surface area (Å²) in [6.45, 7) is 3.19. The van der Waals surface area contributed by atoms with Crippen LogP contribution in [0.3, 0.4) is 0 Å². The number of aryl methyl sites for hydroxylation is 2. The van der Waals surface area contributed by atoms with Gasteiger partial charge in [0.25, 0.3) is 11.1 Å². The topological polar surface area (TPSA) is 86.8 Å². The van der Waals surface area contributed by atoms with E-state index in [-0.39, 0.29) is 17.4 Å². The molecule has 7 nitrogen and oxygen atoms in total. The van der Waals surface area contributed by atoms with Crippen molar-refractivity contribution in [2.75, 3.05) is 25.5 Å². The summed E-state index contributed by atoms with van der Waals surface area (Å²) in [5, 5.41) is 4.19. The Kier molecular flexibility index (Phi) is 6.73. The number of likely N-dealkylation sites (N-methyl/N-ethyl adjacent to an activating group) is 1. The van der Waals surface area contributed by atoms with Crippen molar-refractivity contribution in [2.45, 2.75) is 13.8 Å². The predicted octanol–water partition coefficient (Wildman–Crippen LogP) is 3.50. The number of benzene rings is 1. The van der Waals surface area contributed by atoms with Gasteiger partial charge in [-0.05, 0) is 54.3 Å². The quantitative estimate of drug-likeness (QED) is 0.691. The van der Waals surface area contributed by atoms with Crippen LogP contribution in [0.25, 0.3) is 6.08 Å². The zero-order chi connectivity index (χ0) is 21.8. The van der Waals surface area contributed by atoms with Crippen molar-refractivity contribution < 1.29 is 19.2 Å². The van der Waals surface area contributed by atoms with Crippen LogP contribution in [0.15, 0.2) is 40.6 Å². The Morgan fingerprint density at radius 3 is 2.47 bits per heavy atom. The van der Waals surface area contributed by atoms with E-state index in [0.29, 0.717) is 5.69 Å². The van der Waals surface area contributed by atoms with E-state index in [1.165, 1.54) is 23.3 Å². The number of para-hydroxylation sites is 1. The number of thioether (sulfide) groups is 1. The van der Waals surface area contributed by atoms with Crippen LogP contribution in [0.2, 0.25) is 0 Å². The number of imide groups is 1. The fourth-order valence-corrected chi connectivity index (χ4v) is 4.45. The number of nitrogens with one attached hydrogen (secondary N) is 1. The monoisotopic (exact) mass is 443 g/mol. The molecule has 1 aliphatic heterocycles. The van der Waals surface area contributed by atoms with Crippen molar-refractivity contribution in [2.24, 2.45) is 0 Å². The van der Waals surface area contributed by atoms with Crippen LogP contribution in [0.1, 0.15) is 16.0 Å². The molecule has 1 fully saturated rings. The summed E-state index contributed by atoms with van der Waals surface area (Å²) >= 11 is 2.26. The Morgan fingerprint density at radius 2 is 1.83 bits per heavy atom. The zero-order valence-electron chi connectivity index (χ0n) is 16.8. The lowest BCUT2D eigenvalue weighted by molar-refractivity contribution is -0.136. The van der Waals surface area contributed by atoms with Gasteiger partial charge in [0.05, 0.1) is 11.4 Å². The van der Waals surface area contributed by atoms with Crippen molar-refractivity contribution in [3.8, 4) is 0 Å². The van der Waals surface area contributed by atoms with E-state index in [0.717, 1.165) is 32.7 Å². The SMILES string of the molecule is Cc1cccc(C)c1NC(=O)CN(C)C(=O)CN1C(=O)S/C(=C\c2cccs2)C1=O. The number of thiophene rings is 1. The van der Waals surface area contributed by atoms with Crippen LogP contribution >= 0.6 is 23.1 Å². The lowest BCUT2D eigenvalue weighted by Gasteiger charge is -2.20. The number of carbonyl (C=O) groups is 4. The Balaban J connectivity index is 1.59. The first-order valence-corrected chi connectivity index (χ1v) is 10.8. The molecule has 0 aliphatic carbocycles. The molecule has 1 saturated heterocycles. The summed E-state index contributed by atoms with van der Waals surface area (Å²) < 4.78 is 0. The van der Waals surface area contributed by atoms with Gasteiger partial charge in [-0.2, -0.15) is 0 Å². The number of amides is 4. The van der Waals surface area contributed by atoms with Crippen LogP contribution in [-0.2, 0) is 14.4 Å². The molecule has 2 aromatic rings. The maximum Gasteiger partial charge on any atom is 0.294 e. The second-order valence-corrected chi connectivity index (χ2v) is 8.82. The highest BCUT2D eigenvalue weighted by molar-refractivity contribution is 8.18. The Bertz CT molecular complexity index is 1010. The second-order valence-electron chi connectivity index (χ2n) is 6.85. The summed E-state index contributed by atoms with van der Waals surface area (Å²) in [6, 6.07) is 9.37. The van der Waals surface area contributed by atoms with Crippen molar-refractivity contribution in [3.63, 3.8) is 0 Å². The van der Waals surface area contributed by atoms with Gasteiger partial charge in [-0.15, -0.1) is 11.3 Å². The largest absolute Gasteiger partial charge is 0.335 e. The smallest absolute Gasteiger partial charge is 0.294 e. The average molecular weight is 444 g/mol. The van der Waals surface area contributed by atoms with Gasteiger partial charge in [-0.1, -0.05) is 24.3 Å². The molecule has 1 aliphatic rings. The van der Waals surface area contributed by atoms with Gasteiger partial charge in [-0.25, -0.2) is 0 Å². The summed E-state index contributed by atoms with van der Waals surface area (Å²) in [5.74, 6) is -1.35. The zero-order valence-corrected chi connectivity index (χ0v) is 18.4. The summed E-state index contributed by atoms with van der Waals surface area (Å²) in [5.41, 5.74) is 2.56. The molecule has 30 heavy (non-hydrogen) atoms. The van der Waals surface area contributed by atoms with Crippen LogP contribution in [-0.4, -0.2) is 52.9 Å². The maximum absolute atomic E-state index is 12.5. The van der Waals surface area contributed by atoms with E-state index in [9.17, 15) is 19.2 Å². The molecule has 1 N–H and O–H groups in total. The Hall–Kier alpha value is -2.91. The summed E-state index contributed by atoms with van der Waals surface area (Å²) in [4.78, 5) is 52.8. The van der Waals surface area contributed by atoms with E-state index >= 15 is 0 Å². The molecule has 4 amide bonds. The van der Waals surface area contributed by atoms with Gasteiger partial charge >= 0.3 is 0 Å². The minimum absolute atomic E-state index is 0.187. The summed E-state index contributed by atoms with van der Waals surface area (Å²) in [7, 11) is 1.47. The Labute approximate surface area is 182 Å². The lowest BCUT2D eigenvalue weighted by Crippen LogP contribution is -2.43. The normalized spacial score (nSPS) is 15.0. The third-order valence-electron chi connectivity index (χ3n) is 4.54. The molecule has 9 heteroatoms. The van der Waals surface area contributed by atoms with E-state index < -0.39 is 23.6 Å². The first-order valence-electron chi connectivity index (χ1n) is 9.15. The average Bonchev–Trinajstić information content (AvgIpc) is 3.29. The predicted molar refractivity (Wildman–Crippen MR) is 119 cm³/mol. The fourth-order valence-electron chi connectivity index (χ4n) is 2.89. The number of carbonyl (C=O) groups excluding carboxylic acids is 4. The first kappa shape index (κ1) is 21.8. The van der Waals surface area contributed by atoms with E-state index in [1.54, 1.807) is 6.08 Å². The number of anilines is 1. The molecule has 1 aromatic carbocycles. The van der Waals surface area contributed by atoms with Gasteiger partial charge in [0.2, 0.25) is 11.8 Å². The van der Waals surface area contributed by atoms with Crippen molar-refractivity contribution in [1.82, 2.24) is 9.80 Å². The third-order valence-corrected chi connectivity index (χ3v) is 6.26. The second kappa shape index (κ2) is 9.27. The van der Waals surface area contributed by atoms with Crippen molar-refractivity contribution >= 4 is 57.8 Å². The molecule has 3 rings (SSSR count). The molecular formula is C21H21N3O4S2. The Morgan fingerprint density at radius 1 is 1.13 bits per heavy atom. The molecule has 0 saturated carbocycles. The van der Waals surface area contributed by atoms with E-state index in [1.807, 2.05) is 49.6 Å². The number of rotatable bonds is 6. The summed E-state index contributed by atoms with van der Waals surface area (Å²) in [6.07, 6.45) is 1.64. The third kappa shape index (κ3) is 4.98. The molecule has 0 spiro atoms. The first-order chi connectivity index (χ1) is 14.3. The minimum Gasteiger partial charge on any atom is -0.335 e. The lowest BCUT2D eigenvalue weighted by atomic mass is 10.1. The highest BCUT2D eigenvalue weighted by Crippen LogP contribution is 2.32. The van der Waals surface area contributed by atoms with Crippen LogP contribution in [0.4, 0.5) is 10.5 Å². The molecule has 2 heterocycles. The van der Waals surface area contributed by atoms with Gasteiger partial charge < -0.3 is 10.2 Å². The number of nitrogens with zero attached hydrogens (tertiary/aromatic N) is 2. The maximum atomic E-state index is 12.5. The molecule has 0 radical (unpaired) electrons. The van der Waals surface area contributed by atoms with Crippen LogP contribution in [0.5, 0.6) is 0 Å². The molecule has 0 bridgehead atoms. The van der Waals surface area contributed by atoms with Gasteiger partial charge in [0, 0.05) is 17.6 Å². The van der Waals surface area contributed by atoms with Crippen LogP contribution in [0, 0.1) is 13.8 Å². The van der Waals surface area contributed by atoms with Gasteiger partial charge in [0.1, 0.15) is 6.54 Å². The van der Waals surface area contributed by atoms with Gasteiger partial charge in [-0.3, -0.25) is 24.1 Å². The number of hydrogen-bond acceptors (Lipinski definition) is 6. The highest BCUT2D eigenvalue weighted by Gasteiger charge is 2.37. The highest BCUT2D eigenvalue weighted by atomic mass is 32.2. The van der Waals surface area contributed by atoms with E-state index in [2.05, 4.69) is 5.32 Å². The van der Waals surface area contributed by atoms with Crippen molar-refractivity contribution in [1.29, 1.82) is 0 Å². The van der Waals surface area contributed by atoms with E-state index in [4.69, 9.17) is 0 Å². The van der Waals surface area contributed by atoms with Crippen LogP contribution < -0.4 is 5.32 Å². The van der Waals surface area contributed by atoms with Gasteiger partial charge in [0.15, 0.2) is 0 Å². The molecular weight excluding hydrogens is 422 g/mol. The minimum atomic E-state index is -0.500. The molecule has 0 atom stereocenters. The van der Waals surface area contributed by atoms with Crippen molar-refractivity contribution in [3.05, 3.63) is 56.6 Å². The standard InChI is InChI=1S/C21H21N3O4S2/c1-13-6-4-7-14(2)19(13)22-17(25)11-23(3)18(26)12-24-20(27)16(30-21(24)28)10-15-8-5-9-29-15/h4-10H,11-12H2,1-3H3,(H,22,25)/b16-10-. The molecule has 1 aromatic heterocycles.